The topological polar surface area (TPSA) is 101 Å². The van der Waals surface area contributed by atoms with Gasteiger partial charge in [0.1, 0.15) is 12.6 Å². The summed E-state index contributed by atoms with van der Waals surface area (Å²) in [6.45, 7) is 7.62. The zero-order valence-electron chi connectivity index (χ0n) is 18.1. The van der Waals surface area contributed by atoms with Gasteiger partial charge in [0.05, 0.1) is 11.8 Å². The summed E-state index contributed by atoms with van der Waals surface area (Å²) in [4.78, 5) is 34.2. The summed E-state index contributed by atoms with van der Waals surface area (Å²) in [7, 11) is 2.13. The molecule has 0 bridgehead atoms. The summed E-state index contributed by atoms with van der Waals surface area (Å²) < 4.78 is 0. The van der Waals surface area contributed by atoms with Crippen molar-refractivity contribution in [1.29, 1.82) is 5.26 Å². The van der Waals surface area contributed by atoms with E-state index in [0.717, 1.165) is 42.6 Å². The SMILES string of the molecule is CC(C)[C@H](NC(=O)c1ccc(-c2csc(N3CCN(C)CC3)n2)cc1)C(=O)NCC#N. The fourth-order valence-electron chi connectivity index (χ4n) is 3.33. The van der Waals surface area contributed by atoms with E-state index >= 15 is 0 Å². The molecule has 0 radical (unpaired) electrons. The van der Waals surface area contributed by atoms with Crippen LogP contribution in [0.15, 0.2) is 29.6 Å². The van der Waals surface area contributed by atoms with Gasteiger partial charge in [-0.3, -0.25) is 9.59 Å². The number of aromatic nitrogens is 1. The summed E-state index contributed by atoms with van der Waals surface area (Å²) in [6.07, 6.45) is 0. The lowest BCUT2D eigenvalue weighted by Gasteiger charge is -2.32. The number of nitriles is 1. The van der Waals surface area contributed by atoms with E-state index < -0.39 is 6.04 Å². The Labute approximate surface area is 186 Å². The maximum Gasteiger partial charge on any atom is 0.251 e. The van der Waals surface area contributed by atoms with Crippen LogP contribution in [0.5, 0.6) is 0 Å². The zero-order valence-corrected chi connectivity index (χ0v) is 18.9. The molecule has 2 N–H and O–H groups in total. The highest BCUT2D eigenvalue weighted by Crippen LogP contribution is 2.28. The van der Waals surface area contributed by atoms with Crippen LogP contribution in [0.1, 0.15) is 24.2 Å². The molecule has 0 spiro atoms. The van der Waals surface area contributed by atoms with Crippen molar-refractivity contribution in [1.82, 2.24) is 20.5 Å². The van der Waals surface area contributed by atoms with Crippen LogP contribution in [0.4, 0.5) is 5.13 Å². The van der Waals surface area contributed by atoms with Crippen molar-refractivity contribution < 1.29 is 9.59 Å². The summed E-state index contributed by atoms with van der Waals surface area (Å²) in [5, 5.41) is 17.0. The van der Waals surface area contributed by atoms with Gasteiger partial charge in [-0.25, -0.2) is 4.98 Å². The van der Waals surface area contributed by atoms with Gasteiger partial charge in [-0.15, -0.1) is 11.3 Å². The number of benzene rings is 1. The van der Waals surface area contributed by atoms with Gasteiger partial charge >= 0.3 is 0 Å². The predicted molar refractivity (Wildman–Crippen MR) is 122 cm³/mol. The van der Waals surface area contributed by atoms with Crippen molar-refractivity contribution in [3.8, 4) is 17.3 Å². The fourth-order valence-corrected chi connectivity index (χ4v) is 4.22. The minimum absolute atomic E-state index is 0.0869. The molecular weight excluding hydrogens is 412 g/mol. The largest absolute Gasteiger partial charge is 0.346 e. The number of carbonyl (C=O) groups is 2. The highest BCUT2D eigenvalue weighted by Gasteiger charge is 2.24. The average molecular weight is 441 g/mol. The molecule has 2 aromatic rings. The van der Waals surface area contributed by atoms with E-state index in [1.54, 1.807) is 23.5 Å². The molecule has 0 unspecified atom stereocenters. The molecular formula is C22H28N6O2S. The van der Waals surface area contributed by atoms with Gasteiger partial charge < -0.3 is 20.4 Å². The molecule has 1 aromatic heterocycles. The smallest absolute Gasteiger partial charge is 0.251 e. The molecule has 2 amide bonds. The van der Waals surface area contributed by atoms with Gasteiger partial charge in [-0.1, -0.05) is 26.0 Å². The van der Waals surface area contributed by atoms with Crippen molar-refractivity contribution in [3.05, 3.63) is 35.2 Å². The Bertz CT molecular complexity index is 942. The lowest BCUT2D eigenvalue weighted by Crippen LogP contribution is -2.49. The lowest BCUT2D eigenvalue weighted by atomic mass is 10.0. The van der Waals surface area contributed by atoms with Gasteiger partial charge in [-0.05, 0) is 25.1 Å². The Morgan fingerprint density at radius 3 is 2.48 bits per heavy atom. The van der Waals surface area contributed by atoms with Crippen LogP contribution in [0.25, 0.3) is 11.3 Å². The van der Waals surface area contributed by atoms with Gasteiger partial charge in [0.2, 0.25) is 5.91 Å². The van der Waals surface area contributed by atoms with E-state index in [1.807, 2.05) is 37.4 Å². The second kappa shape index (κ2) is 10.4. The van der Waals surface area contributed by atoms with Crippen LogP contribution in [0.3, 0.4) is 0 Å². The highest BCUT2D eigenvalue weighted by molar-refractivity contribution is 7.14. The predicted octanol–water partition coefficient (Wildman–Crippen LogP) is 1.96. The fraction of sp³-hybridized carbons (Fsp3) is 0.455. The van der Waals surface area contributed by atoms with Crippen molar-refractivity contribution in [2.45, 2.75) is 19.9 Å². The number of hydrogen-bond donors (Lipinski definition) is 2. The van der Waals surface area contributed by atoms with Crippen LogP contribution in [0, 0.1) is 17.2 Å². The maximum absolute atomic E-state index is 12.6. The quantitative estimate of drug-likeness (QED) is 0.638. The molecule has 0 aliphatic carbocycles. The first-order valence-corrected chi connectivity index (χ1v) is 11.2. The van der Waals surface area contributed by atoms with E-state index in [4.69, 9.17) is 10.2 Å². The van der Waals surface area contributed by atoms with E-state index in [-0.39, 0.29) is 24.3 Å². The number of thiazole rings is 1. The van der Waals surface area contributed by atoms with Crippen LogP contribution in [-0.4, -0.2) is 67.5 Å². The third-order valence-corrected chi connectivity index (χ3v) is 6.19. The first-order chi connectivity index (χ1) is 14.9. The molecule has 8 nitrogen and oxygen atoms in total. The summed E-state index contributed by atoms with van der Waals surface area (Å²) in [5.74, 6) is -0.792. The van der Waals surface area contributed by atoms with Gasteiger partial charge in [0, 0.05) is 42.7 Å². The van der Waals surface area contributed by atoms with Gasteiger partial charge in [0.15, 0.2) is 5.13 Å². The van der Waals surface area contributed by atoms with Crippen LogP contribution < -0.4 is 15.5 Å². The average Bonchev–Trinajstić information content (AvgIpc) is 3.26. The zero-order chi connectivity index (χ0) is 22.4. The van der Waals surface area contributed by atoms with E-state index in [0.29, 0.717) is 5.56 Å². The third-order valence-electron chi connectivity index (χ3n) is 5.29. The Balaban J connectivity index is 1.65. The number of hydrogen-bond acceptors (Lipinski definition) is 7. The van der Waals surface area contributed by atoms with Crippen LogP contribution in [0.2, 0.25) is 0 Å². The number of nitrogens with one attached hydrogen (secondary N) is 2. The van der Waals surface area contributed by atoms with Crippen LogP contribution >= 0.6 is 11.3 Å². The molecule has 9 heteroatoms. The minimum Gasteiger partial charge on any atom is -0.346 e. The first-order valence-electron chi connectivity index (χ1n) is 10.3. The van der Waals surface area contributed by atoms with E-state index in [9.17, 15) is 9.59 Å². The molecule has 1 aromatic carbocycles. The van der Waals surface area contributed by atoms with Crippen molar-refractivity contribution in [2.75, 3.05) is 44.7 Å². The summed E-state index contributed by atoms with van der Waals surface area (Å²) >= 11 is 1.63. The van der Waals surface area contributed by atoms with Crippen molar-refractivity contribution >= 4 is 28.3 Å². The second-order valence-electron chi connectivity index (χ2n) is 7.95. The molecule has 1 aliphatic rings. The van der Waals surface area contributed by atoms with Gasteiger partial charge in [0.25, 0.3) is 5.91 Å². The molecule has 0 saturated carbocycles. The number of likely N-dealkylation sites (N-methyl/N-ethyl adjacent to an activating group) is 1. The molecule has 1 atom stereocenters. The molecule has 1 aliphatic heterocycles. The molecule has 164 valence electrons. The first kappa shape index (κ1) is 22.7. The second-order valence-corrected chi connectivity index (χ2v) is 8.79. The third kappa shape index (κ3) is 5.81. The Kier molecular flexibility index (Phi) is 7.60. The normalized spacial score (nSPS) is 15.4. The molecule has 1 fully saturated rings. The standard InChI is InChI=1S/C22H28N6O2S/c1-15(2)19(21(30)24-9-8-23)26-20(29)17-6-4-16(5-7-17)18-14-31-22(25-18)28-12-10-27(3)11-13-28/h4-7,14-15,19H,9-13H2,1-3H3,(H,24,30)(H,26,29)/t19-/m0/s1. The molecule has 2 heterocycles. The number of carbonyl (C=O) groups excluding carboxylic acids is 2. The van der Waals surface area contributed by atoms with E-state index in [2.05, 4.69) is 27.5 Å². The highest BCUT2D eigenvalue weighted by atomic mass is 32.1. The number of amides is 2. The number of nitrogens with zero attached hydrogens (tertiary/aromatic N) is 4. The van der Waals surface area contributed by atoms with E-state index in [1.165, 1.54) is 0 Å². The Morgan fingerprint density at radius 1 is 1.19 bits per heavy atom. The Morgan fingerprint density at radius 2 is 1.87 bits per heavy atom. The summed E-state index contributed by atoms with van der Waals surface area (Å²) in [5.41, 5.74) is 2.30. The maximum atomic E-state index is 12.6. The monoisotopic (exact) mass is 440 g/mol. The number of piperazine rings is 1. The van der Waals surface area contributed by atoms with Gasteiger partial charge in [-0.2, -0.15) is 5.26 Å². The van der Waals surface area contributed by atoms with Crippen molar-refractivity contribution in [3.63, 3.8) is 0 Å². The Hall–Kier alpha value is -2.96. The van der Waals surface area contributed by atoms with Crippen molar-refractivity contribution in [2.24, 2.45) is 5.92 Å². The molecule has 3 rings (SSSR count). The number of anilines is 1. The minimum atomic E-state index is -0.704. The molecule has 1 saturated heterocycles. The summed E-state index contributed by atoms with van der Waals surface area (Å²) in [6, 6.07) is 8.39. The number of rotatable bonds is 7. The van der Waals surface area contributed by atoms with Crippen LogP contribution in [-0.2, 0) is 4.79 Å². The molecule has 31 heavy (non-hydrogen) atoms. The lowest BCUT2D eigenvalue weighted by molar-refractivity contribution is -0.123.